The first-order valence-corrected chi connectivity index (χ1v) is 7.95. The number of pyridine rings is 1. The van der Waals surface area contributed by atoms with E-state index in [9.17, 15) is 5.11 Å². The molecule has 1 aromatic heterocycles. The van der Waals surface area contributed by atoms with Crippen molar-refractivity contribution in [1.29, 1.82) is 0 Å². The van der Waals surface area contributed by atoms with Crippen molar-refractivity contribution >= 4 is 28.2 Å². The number of nitrogens with zero attached hydrogens (tertiary/aromatic N) is 2. The van der Waals surface area contributed by atoms with Crippen molar-refractivity contribution < 1.29 is 9.84 Å². The van der Waals surface area contributed by atoms with Crippen LogP contribution in [0.4, 0.5) is 5.69 Å². The van der Waals surface area contributed by atoms with Gasteiger partial charge in [0.25, 0.3) is 0 Å². The highest BCUT2D eigenvalue weighted by atomic mass is 35.5. The van der Waals surface area contributed by atoms with Gasteiger partial charge in [0.1, 0.15) is 0 Å². The van der Waals surface area contributed by atoms with Crippen LogP contribution in [0.1, 0.15) is 12.8 Å². The van der Waals surface area contributed by atoms with Crippen LogP contribution in [0.3, 0.4) is 0 Å². The summed E-state index contributed by atoms with van der Waals surface area (Å²) in [5, 5.41) is 11.6. The summed E-state index contributed by atoms with van der Waals surface area (Å²) in [4.78, 5) is 6.60. The molecule has 118 valence electrons. The minimum atomic E-state index is -0.0883. The van der Waals surface area contributed by atoms with Gasteiger partial charge in [0.05, 0.1) is 12.1 Å². The van der Waals surface area contributed by atoms with Crippen LogP contribution in [0, 0.1) is 5.41 Å². The van der Waals surface area contributed by atoms with Crippen molar-refractivity contribution in [3.05, 3.63) is 35.5 Å². The molecule has 4 nitrogen and oxygen atoms in total. The molecule has 0 bridgehead atoms. The largest absolute Gasteiger partial charge is 0.396 e. The summed E-state index contributed by atoms with van der Waals surface area (Å²) in [5.41, 5.74) is 1.91. The molecule has 1 N–H and O–H groups in total. The third-order valence-electron chi connectivity index (χ3n) is 4.55. The molecule has 1 aliphatic rings. The van der Waals surface area contributed by atoms with Crippen LogP contribution in [-0.4, -0.2) is 43.5 Å². The van der Waals surface area contributed by atoms with E-state index in [2.05, 4.69) is 16.9 Å². The van der Waals surface area contributed by atoms with Gasteiger partial charge in [-0.2, -0.15) is 0 Å². The van der Waals surface area contributed by atoms with Crippen LogP contribution in [0.15, 0.2) is 30.5 Å². The monoisotopic (exact) mass is 320 g/mol. The van der Waals surface area contributed by atoms with E-state index in [4.69, 9.17) is 16.3 Å². The van der Waals surface area contributed by atoms with Crippen molar-refractivity contribution in [3.8, 4) is 0 Å². The lowest BCUT2D eigenvalue weighted by Crippen LogP contribution is -2.42. The third kappa shape index (κ3) is 3.05. The minimum absolute atomic E-state index is 0.0883. The lowest BCUT2D eigenvalue weighted by atomic mass is 9.80. The number of ether oxygens (including phenoxy) is 1. The lowest BCUT2D eigenvalue weighted by molar-refractivity contribution is -0.0112. The molecule has 1 fully saturated rings. The summed E-state index contributed by atoms with van der Waals surface area (Å²) < 4.78 is 5.44. The predicted molar refractivity (Wildman–Crippen MR) is 89.6 cm³/mol. The van der Waals surface area contributed by atoms with Crippen molar-refractivity contribution in [1.82, 2.24) is 4.98 Å². The molecule has 22 heavy (non-hydrogen) atoms. The van der Waals surface area contributed by atoms with Crippen LogP contribution in [0.2, 0.25) is 5.02 Å². The number of fused-ring (bicyclic) bond motifs is 1. The first-order valence-electron chi connectivity index (χ1n) is 7.58. The number of anilines is 1. The van der Waals surface area contributed by atoms with Crippen LogP contribution in [0.25, 0.3) is 10.9 Å². The third-order valence-corrected chi connectivity index (χ3v) is 4.79. The lowest BCUT2D eigenvalue weighted by Gasteiger charge is -2.39. The number of aliphatic hydroxyl groups excluding tert-OH is 1. The molecule has 1 saturated heterocycles. The molecule has 0 spiro atoms. The van der Waals surface area contributed by atoms with Crippen molar-refractivity contribution in [3.63, 3.8) is 0 Å². The smallest absolute Gasteiger partial charge is 0.0737 e. The second-order valence-electron chi connectivity index (χ2n) is 6.12. The van der Waals surface area contributed by atoms with E-state index in [-0.39, 0.29) is 12.0 Å². The van der Waals surface area contributed by atoms with Gasteiger partial charge in [-0.25, -0.2) is 0 Å². The fraction of sp³-hybridized carbons (Fsp3) is 0.471. The molecule has 2 aromatic rings. The van der Waals surface area contributed by atoms with Gasteiger partial charge in [0.2, 0.25) is 0 Å². The van der Waals surface area contributed by atoms with Crippen LogP contribution < -0.4 is 4.90 Å². The fourth-order valence-electron chi connectivity index (χ4n) is 3.20. The zero-order chi connectivity index (χ0) is 15.6. The molecule has 0 atom stereocenters. The topological polar surface area (TPSA) is 45.6 Å². The van der Waals surface area contributed by atoms with E-state index in [1.54, 1.807) is 6.20 Å². The van der Waals surface area contributed by atoms with Gasteiger partial charge >= 0.3 is 0 Å². The van der Waals surface area contributed by atoms with Gasteiger partial charge in [-0.1, -0.05) is 11.6 Å². The molecule has 5 heteroatoms. The van der Waals surface area contributed by atoms with Crippen molar-refractivity contribution in [2.45, 2.75) is 12.8 Å². The normalized spacial score (nSPS) is 17.6. The highest BCUT2D eigenvalue weighted by Crippen LogP contribution is 2.34. The SMILES string of the molecule is CN(CC1(CO)CCOCC1)c1ccnc2cc(Cl)ccc12. The Morgan fingerprint density at radius 1 is 1.32 bits per heavy atom. The Bertz CT molecular complexity index is 656. The summed E-state index contributed by atoms with van der Waals surface area (Å²) in [5.74, 6) is 0. The summed E-state index contributed by atoms with van der Waals surface area (Å²) in [7, 11) is 2.07. The predicted octanol–water partition coefficient (Wildman–Crippen LogP) is 3.11. The average Bonchev–Trinajstić information content (AvgIpc) is 2.54. The second kappa shape index (κ2) is 6.41. The molecule has 1 aliphatic heterocycles. The Labute approximate surface area is 135 Å². The quantitative estimate of drug-likeness (QED) is 0.940. The number of aromatic nitrogens is 1. The van der Waals surface area contributed by atoms with E-state index in [1.807, 2.05) is 24.3 Å². The molecule has 0 radical (unpaired) electrons. The zero-order valence-corrected chi connectivity index (χ0v) is 13.5. The number of benzene rings is 1. The molecular weight excluding hydrogens is 300 g/mol. The van der Waals surface area contributed by atoms with E-state index >= 15 is 0 Å². The van der Waals surface area contributed by atoms with Gasteiger partial charge in [-0.05, 0) is 37.1 Å². The van der Waals surface area contributed by atoms with Gasteiger partial charge in [-0.15, -0.1) is 0 Å². The van der Waals surface area contributed by atoms with E-state index < -0.39 is 0 Å². The second-order valence-corrected chi connectivity index (χ2v) is 6.55. The minimum Gasteiger partial charge on any atom is -0.396 e. The molecule has 2 heterocycles. The van der Waals surface area contributed by atoms with Crippen LogP contribution in [-0.2, 0) is 4.74 Å². The maximum absolute atomic E-state index is 9.87. The van der Waals surface area contributed by atoms with Gasteiger partial charge in [0.15, 0.2) is 0 Å². The van der Waals surface area contributed by atoms with E-state index in [0.717, 1.165) is 49.2 Å². The summed E-state index contributed by atoms with van der Waals surface area (Å²) in [6, 6.07) is 7.79. The maximum Gasteiger partial charge on any atom is 0.0737 e. The first-order chi connectivity index (χ1) is 10.6. The molecule has 3 rings (SSSR count). The summed E-state index contributed by atoms with van der Waals surface area (Å²) in [6.45, 7) is 2.44. The highest BCUT2D eigenvalue weighted by Gasteiger charge is 2.33. The summed E-state index contributed by atoms with van der Waals surface area (Å²) in [6.07, 6.45) is 3.59. The zero-order valence-electron chi connectivity index (χ0n) is 12.8. The van der Waals surface area contributed by atoms with Crippen LogP contribution >= 0.6 is 11.6 Å². The Morgan fingerprint density at radius 2 is 2.09 bits per heavy atom. The number of rotatable bonds is 4. The van der Waals surface area contributed by atoms with Gasteiger partial charge in [0, 0.05) is 54.5 Å². The number of halogens is 1. The molecule has 0 aliphatic carbocycles. The van der Waals surface area contributed by atoms with E-state index in [0.29, 0.717) is 5.02 Å². The van der Waals surface area contributed by atoms with E-state index in [1.165, 1.54) is 0 Å². The highest BCUT2D eigenvalue weighted by molar-refractivity contribution is 6.31. The van der Waals surface area contributed by atoms with Crippen LogP contribution in [0.5, 0.6) is 0 Å². The molecule has 0 saturated carbocycles. The Balaban J connectivity index is 1.90. The van der Waals surface area contributed by atoms with Crippen molar-refractivity contribution in [2.24, 2.45) is 5.41 Å². The maximum atomic E-state index is 9.87. The summed E-state index contributed by atoms with van der Waals surface area (Å²) >= 11 is 6.05. The van der Waals surface area contributed by atoms with Crippen molar-refractivity contribution in [2.75, 3.05) is 38.3 Å². The Kier molecular flexibility index (Phi) is 4.52. The molecule has 0 amide bonds. The fourth-order valence-corrected chi connectivity index (χ4v) is 3.36. The number of hydrogen-bond acceptors (Lipinski definition) is 4. The number of aliphatic hydroxyl groups is 1. The Hall–Kier alpha value is -1.36. The Morgan fingerprint density at radius 3 is 2.82 bits per heavy atom. The number of hydrogen-bond donors (Lipinski definition) is 1. The van der Waals surface area contributed by atoms with Gasteiger partial charge in [-0.3, -0.25) is 4.98 Å². The standard InChI is InChI=1S/C17H21ClN2O2/c1-20(11-17(12-21)5-8-22-9-6-17)16-4-7-19-15-10-13(18)2-3-14(15)16/h2-4,7,10,21H,5-6,8-9,11-12H2,1H3. The first kappa shape index (κ1) is 15.5. The van der Waals surface area contributed by atoms with Gasteiger partial charge < -0.3 is 14.7 Å². The molecule has 0 unspecified atom stereocenters. The molecule has 1 aromatic carbocycles. The molecular formula is C17H21ClN2O2. The average molecular weight is 321 g/mol.